The number of hydrogen-bond donors (Lipinski definition) is 1. The zero-order valence-electron chi connectivity index (χ0n) is 14.9. The van der Waals surface area contributed by atoms with Gasteiger partial charge in [0.15, 0.2) is 5.82 Å². The van der Waals surface area contributed by atoms with E-state index < -0.39 is 10.0 Å². The van der Waals surface area contributed by atoms with Crippen molar-refractivity contribution in [2.45, 2.75) is 37.1 Å². The summed E-state index contributed by atoms with van der Waals surface area (Å²) in [7, 11) is -3.85. The Morgan fingerprint density at radius 3 is 2.54 bits per heavy atom. The molecule has 4 rings (SSSR count). The summed E-state index contributed by atoms with van der Waals surface area (Å²) in [5.74, 6) is 1.82. The molecule has 3 aromatic rings. The number of benzene rings is 2. The van der Waals surface area contributed by atoms with E-state index in [1.54, 1.807) is 24.3 Å². The van der Waals surface area contributed by atoms with E-state index in [0.29, 0.717) is 5.69 Å². The van der Waals surface area contributed by atoms with Crippen LogP contribution in [-0.2, 0) is 23.0 Å². The Morgan fingerprint density at radius 1 is 0.964 bits per heavy atom. The Kier molecular flexibility index (Phi) is 5.31. The third kappa shape index (κ3) is 3.74. The third-order valence-electron chi connectivity index (χ3n) is 4.71. The van der Waals surface area contributed by atoms with Crippen molar-refractivity contribution in [3.8, 4) is 11.4 Å². The number of nitrogens with zero attached hydrogens (tertiary/aromatic N) is 3. The zero-order valence-corrected chi connectivity index (χ0v) is 17.2. The molecule has 28 heavy (non-hydrogen) atoms. The minimum absolute atomic E-state index is 0.000519. The van der Waals surface area contributed by atoms with E-state index >= 15 is 0 Å². The molecule has 0 radical (unpaired) electrons. The van der Waals surface area contributed by atoms with Gasteiger partial charge < -0.3 is 4.57 Å². The molecular formula is C19H18Cl2N4O2S. The number of halogens is 2. The first-order chi connectivity index (χ1) is 13.5. The second-order valence-corrected chi connectivity index (χ2v) is 9.07. The van der Waals surface area contributed by atoms with Crippen molar-refractivity contribution in [3.05, 3.63) is 58.3 Å². The van der Waals surface area contributed by atoms with Gasteiger partial charge in [-0.3, -0.25) is 4.72 Å². The van der Waals surface area contributed by atoms with Crippen LogP contribution >= 0.6 is 23.2 Å². The zero-order chi connectivity index (χ0) is 19.7. The first-order valence-electron chi connectivity index (χ1n) is 8.95. The molecule has 0 fully saturated rings. The van der Waals surface area contributed by atoms with Crippen molar-refractivity contribution in [1.82, 2.24) is 14.8 Å². The van der Waals surface area contributed by atoms with Gasteiger partial charge in [0, 0.05) is 24.2 Å². The van der Waals surface area contributed by atoms with Crippen LogP contribution in [0.4, 0.5) is 5.69 Å². The number of sulfonamides is 1. The minimum atomic E-state index is -3.85. The summed E-state index contributed by atoms with van der Waals surface area (Å²) in [5, 5.41) is 8.82. The Hall–Kier alpha value is -2.09. The summed E-state index contributed by atoms with van der Waals surface area (Å²) >= 11 is 12.0. The minimum Gasteiger partial charge on any atom is -0.311 e. The van der Waals surface area contributed by atoms with Crippen LogP contribution in [0.3, 0.4) is 0 Å². The molecule has 1 N–H and O–H groups in total. The number of hydrogen-bond acceptors (Lipinski definition) is 4. The van der Waals surface area contributed by atoms with Crippen molar-refractivity contribution >= 4 is 38.9 Å². The normalized spacial score (nSPS) is 14.4. The molecule has 0 unspecified atom stereocenters. The van der Waals surface area contributed by atoms with Crippen molar-refractivity contribution in [1.29, 1.82) is 0 Å². The topological polar surface area (TPSA) is 76.9 Å². The van der Waals surface area contributed by atoms with E-state index in [1.165, 1.54) is 12.5 Å². The van der Waals surface area contributed by atoms with Crippen molar-refractivity contribution in [2.24, 2.45) is 0 Å². The number of aryl methyl sites for hydroxylation is 1. The molecule has 1 aromatic heterocycles. The molecule has 0 bridgehead atoms. The van der Waals surface area contributed by atoms with Gasteiger partial charge in [-0.2, -0.15) is 0 Å². The number of fused-ring (bicyclic) bond motifs is 1. The van der Waals surface area contributed by atoms with Crippen LogP contribution in [-0.4, -0.2) is 23.2 Å². The molecule has 2 aromatic carbocycles. The smallest absolute Gasteiger partial charge is 0.263 e. The van der Waals surface area contributed by atoms with Gasteiger partial charge in [0.05, 0.1) is 10.0 Å². The highest BCUT2D eigenvalue weighted by Crippen LogP contribution is 2.30. The lowest BCUT2D eigenvalue weighted by molar-refractivity contribution is 0.601. The average molecular weight is 437 g/mol. The van der Waals surface area contributed by atoms with E-state index in [-0.39, 0.29) is 14.9 Å². The highest BCUT2D eigenvalue weighted by Gasteiger charge is 2.20. The van der Waals surface area contributed by atoms with E-state index in [4.69, 9.17) is 23.2 Å². The molecule has 146 valence electrons. The summed E-state index contributed by atoms with van der Waals surface area (Å²) in [5.41, 5.74) is 1.32. The second kappa shape index (κ2) is 7.73. The maximum Gasteiger partial charge on any atom is 0.263 e. The summed E-state index contributed by atoms with van der Waals surface area (Å²) < 4.78 is 30.0. The van der Waals surface area contributed by atoms with Crippen molar-refractivity contribution < 1.29 is 8.42 Å². The fourth-order valence-corrected chi connectivity index (χ4v) is 5.11. The first-order valence-corrected chi connectivity index (χ1v) is 11.2. The van der Waals surface area contributed by atoms with Crippen LogP contribution in [0.15, 0.2) is 47.4 Å². The molecule has 0 amide bonds. The van der Waals surface area contributed by atoms with E-state index in [2.05, 4.69) is 19.5 Å². The molecule has 1 aliphatic rings. The van der Waals surface area contributed by atoms with Crippen molar-refractivity contribution in [2.75, 3.05) is 4.72 Å². The molecule has 2 heterocycles. The molecule has 0 aliphatic carbocycles. The lowest BCUT2D eigenvalue weighted by Crippen LogP contribution is -2.13. The van der Waals surface area contributed by atoms with Gasteiger partial charge in [-0.15, -0.1) is 10.2 Å². The van der Waals surface area contributed by atoms with Gasteiger partial charge in [0.1, 0.15) is 10.7 Å². The number of rotatable bonds is 4. The largest absolute Gasteiger partial charge is 0.311 e. The highest BCUT2D eigenvalue weighted by molar-refractivity contribution is 7.92. The van der Waals surface area contributed by atoms with E-state index in [1.807, 2.05) is 12.1 Å². The Labute approximate surface area is 173 Å². The number of nitrogens with one attached hydrogen (secondary N) is 1. The SMILES string of the molecule is O=S(=O)(Nc1ccc(-c2nnc3n2CCCCC3)cc1)c1cccc(Cl)c1Cl. The van der Waals surface area contributed by atoms with Gasteiger partial charge in [0.25, 0.3) is 10.0 Å². The van der Waals surface area contributed by atoms with Crippen LogP contribution in [0.25, 0.3) is 11.4 Å². The number of anilines is 1. The van der Waals surface area contributed by atoms with Crippen LogP contribution in [0.1, 0.15) is 25.1 Å². The Balaban J connectivity index is 1.59. The summed E-state index contributed by atoms with van der Waals surface area (Å²) in [6, 6.07) is 11.6. The molecule has 0 atom stereocenters. The van der Waals surface area contributed by atoms with E-state index in [9.17, 15) is 8.42 Å². The molecule has 1 aliphatic heterocycles. The number of aromatic nitrogens is 3. The molecular weight excluding hydrogens is 419 g/mol. The fraction of sp³-hybridized carbons (Fsp3) is 0.263. The van der Waals surface area contributed by atoms with E-state index in [0.717, 1.165) is 43.0 Å². The lowest BCUT2D eigenvalue weighted by atomic mass is 10.2. The van der Waals surface area contributed by atoms with Gasteiger partial charge in [-0.1, -0.05) is 35.7 Å². The summed E-state index contributed by atoms with van der Waals surface area (Å²) in [6.07, 6.45) is 4.36. The monoisotopic (exact) mass is 436 g/mol. The molecule has 6 nitrogen and oxygen atoms in total. The molecule has 9 heteroatoms. The lowest BCUT2D eigenvalue weighted by Gasteiger charge is -2.11. The van der Waals surface area contributed by atoms with Crippen molar-refractivity contribution in [3.63, 3.8) is 0 Å². The predicted octanol–water partition coefficient (Wildman–Crippen LogP) is 4.78. The molecule has 0 saturated heterocycles. The summed E-state index contributed by atoms with van der Waals surface area (Å²) in [6.45, 7) is 0.902. The van der Waals surface area contributed by atoms with Gasteiger partial charge in [0.2, 0.25) is 0 Å². The molecule has 0 saturated carbocycles. The fourth-order valence-electron chi connectivity index (χ4n) is 3.29. The Morgan fingerprint density at radius 2 is 1.75 bits per heavy atom. The first kappa shape index (κ1) is 19.2. The van der Waals surface area contributed by atoms with Crippen LogP contribution in [0.5, 0.6) is 0 Å². The average Bonchev–Trinajstić information content (AvgIpc) is 2.92. The Bertz CT molecular complexity index is 1110. The molecule has 0 spiro atoms. The van der Waals surface area contributed by atoms with Crippen LogP contribution < -0.4 is 4.72 Å². The predicted molar refractivity (Wildman–Crippen MR) is 110 cm³/mol. The van der Waals surface area contributed by atoms with Gasteiger partial charge >= 0.3 is 0 Å². The maximum atomic E-state index is 12.6. The maximum absolute atomic E-state index is 12.6. The highest BCUT2D eigenvalue weighted by atomic mass is 35.5. The quantitative estimate of drug-likeness (QED) is 0.638. The third-order valence-corrected chi connectivity index (χ3v) is 7.07. The van der Waals surface area contributed by atoms with Crippen LogP contribution in [0.2, 0.25) is 10.0 Å². The van der Waals surface area contributed by atoms with Gasteiger partial charge in [-0.25, -0.2) is 8.42 Å². The van der Waals surface area contributed by atoms with Crippen LogP contribution in [0, 0.1) is 0 Å². The van der Waals surface area contributed by atoms with Gasteiger partial charge in [-0.05, 0) is 49.2 Å². The standard InChI is InChI=1S/C19H18Cl2N4O2S/c20-15-5-4-6-16(18(15)21)28(26,27)24-14-10-8-13(9-11-14)19-23-22-17-7-2-1-3-12-25(17)19/h4-6,8-11,24H,1-3,7,12H2. The second-order valence-electron chi connectivity index (χ2n) is 6.64. The summed E-state index contributed by atoms with van der Waals surface area (Å²) in [4.78, 5) is -0.0616.